The minimum atomic E-state index is -0.509. The van der Waals surface area contributed by atoms with Crippen molar-refractivity contribution in [2.45, 2.75) is 0 Å². The van der Waals surface area contributed by atoms with E-state index >= 15 is 0 Å². The van der Waals surface area contributed by atoms with Gasteiger partial charge in [0.2, 0.25) is 0 Å². The van der Waals surface area contributed by atoms with Gasteiger partial charge in [0.15, 0.2) is 0 Å². The molecule has 3 aromatic rings. The fourth-order valence-corrected chi connectivity index (χ4v) is 2.91. The number of hydrogen-bond acceptors (Lipinski definition) is 6. The summed E-state index contributed by atoms with van der Waals surface area (Å²) in [7, 11) is 0. The lowest BCUT2D eigenvalue weighted by atomic mass is 10.1. The molecule has 2 N–H and O–H groups in total. The van der Waals surface area contributed by atoms with Gasteiger partial charge in [0.1, 0.15) is 11.5 Å². The Bertz CT molecular complexity index is 1070. The number of amides is 1. The van der Waals surface area contributed by atoms with Gasteiger partial charge in [-0.1, -0.05) is 11.6 Å². The Morgan fingerprint density at radius 2 is 1.97 bits per heavy atom. The zero-order valence-electron chi connectivity index (χ0n) is 14.8. The van der Waals surface area contributed by atoms with Crippen LogP contribution < -0.4 is 10.7 Å². The van der Waals surface area contributed by atoms with Crippen LogP contribution in [0.1, 0.15) is 5.76 Å². The molecular weight excluding hydrogens is 511 g/mol. The second-order valence-electron chi connectivity index (χ2n) is 5.78. The number of non-ortho nitro benzene ring substituents is 1. The molecule has 0 aliphatic rings. The smallest absolute Gasteiger partial charge is 0.270 e. The van der Waals surface area contributed by atoms with Crippen molar-refractivity contribution in [3.8, 4) is 11.3 Å². The van der Waals surface area contributed by atoms with Crippen LogP contribution in [0, 0.1) is 13.7 Å². The van der Waals surface area contributed by atoms with Gasteiger partial charge in [0, 0.05) is 27.0 Å². The number of carbonyl (C=O) groups excluding carboxylic acids is 1. The van der Waals surface area contributed by atoms with E-state index in [1.807, 2.05) is 24.3 Å². The Hall–Kier alpha value is -2.92. The summed E-state index contributed by atoms with van der Waals surface area (Å²) in [6.45, 7) is 0.0601. The molecule has 1 amide bonds. The Morgan fingerprint density at radius 3 is 2.69 bits per heavy atom. The largest absolute Gasteiger partial charge is 0.455 e. The Kier molecular flexibility index (Phi) is 6.83. The van der Waals surface area contributed by atoms with E-state index in [1.165, 1.54) is 24.4 Å². The Balaban J connectivity index is 1.58. The zero-order chi connectivity index (χ0) is 20.8. The minimum absolute atomic E-state index is 0.0601. The molecule has 0 atom stereocenters. The highest BCUT2D eigenvalue weighted by molar-refractivity contribution is 14.1. The first-order chi connectivity index (χ1) is 13.9. The van der Waals surface area contributed by atoms with E-state index in [2.05, 4.69) is 38.4 Å². The van der Waals surface area contributed by atoms with Gasteiger partial charge in [-0.25, -0.2) is 5.43 Å². The quantitative estimate of drug-likeness (QED) is 0.202. The summed E-state index contributed by atoms with van der Waals surface area (Å²) >= 11 is 8.31. The van der Waals surface area contributed by atoms with Crippen LogP contribution in [-0.2, 0) is 4.79 Å². The van der Waals surface area contributed by atoms with E-state index in [-0.39, 0.29) is 18.1 Å². The number of halogens is 2. The van der Waals surface area contributed by atoms with Crippen LogP contribution in [0.5, 0.6) is 0 Å². The van der Waals surface area contributed by atoms with Crippen molar-refractivity contribution < 1.29 is 14.1 Å². The molecule has 0 bridgehead atoms. The normalized spacial score (nSPS) is 10.8. The maximum absolute atomic E-state index is 11.8. The van der Waals surface area contributed by atoms with E-state index < -0.39 is 4.92 Å². The van der Waals surface area contributed by atoms with Gasteiger partial charge in [-0.05, 0) is 65.1 Å². The summed E-state index contributed by atoms with van der Waals surface area (Å²) in [6, 6.07) is 14.9. The van der Waals surface area contributed by atoms with Gasteiger partial charge in [-0.3, -0.25) is 14.9 Å². The number of anilines is 1. The first kappa shape index (κ1) is 20.8. The molecule has 148 valence electrons. The van der Waals surface area contributed by atoms with Gasteiger partial charge >= 0.3 is 0 Å². The van der Waals surface area contributed by atoms with Crippen molar-refractivity contribution in [1.82, 2.24) is 5.43 Å². The number of carbonyl (C=O) groups is 1. The molecule has 0 fully saturated rings. The van der Waals surface area contributed by atoms with E-state index in [0.29, 0.717) is 22.1 Å². The molecule has 29 heavy (non-hydrogen) atoms. The monoisotopic (exact) mass is 524 g/mol. The molecule has 1 aromatic heterocycles. The molecule has 1 heterocycles. The second kappa shape index (κ2) is 9.52. The molecule has 0 aliphatic heterocycles. The Morgan fingerprint density at radius 1 is 1.21 bits per heavy atom. The molecule has 2 aromatic carbocycles. The van der Waals surface area contributed by atoms with Crippen molar-refractivity contribution in [2.24, 2.45) is 5.10 Å². The maximum atomic E-state index is 11.8. The average Bonchev–Trinajstić information content (AvgIpc) is 3.16. The van der Waals surface area contributed by atoms with Crippen molar-refractivity contribution in [1.29, 1.82) is 0 Å². The first-order valence-corrected chi connectivity index (χ1v) is 9.73. The lowest BCUT2D eigenvalue weighted by molar-refractivity contribution is -0.384. The number of rotatable bonds is 7. The fraction of sp³-hybridized carbons (Fsp3) is 0.0526. The highest BCUT2D eigenvalue weighted by Crippen LogP contribution is 2.32. The van der Waals surface area contributed by atoms with Crippen molar-refractivity contribution in [3.05, 3.63) is 79.1 Å². The SMILES string of the molecule is O=C(CNc1ccc(I)cc1)N/N=C\c1ccc(-c2cc([N+](=O)[O-])ccc2Cl)o1. The molecular formula is C19H14ClIN4O4. The summed E-state index contributed by atoms with van der Waals surface area (Å²) < 4.78 is 6.69. The standard InChI is InChI=1S/C19H14ClIN4O4/c20-17-7-5-14(25(27)28)9-16(17)18-8-6-15(29-18)10-23-24-19(26)11-22-13-3-1-12(21)2-4-13/h1-10,22H,11H2,(H,24,26)/b23-10-. The number of nitrogens with zero attached hydrogens (tertiary/aromatic N) is 2. The van der Waals surface area contributed by atoms with Crippen LogP contribution in [0.2, 0.25) is 5.02 Å². The van der Waals surface area contributed by atoms with Crippen LogP contribution in [0.15, 0.2) is 64.1 Å². The van der Waals surface area contributed by atoms with Gasteiger partial charge < -0.3 is 9.73 Å². The van der Waals surface area contributed by atoms with Crippen LogP contribution in [0.3, 0.4) is 0 Å². The van der Waals surface area contributed by atoms with Crippen LogP contribution in [0.25, 0.3) is 11.3 Å². The molecule has 0 aliphatic carbocycles. The number of hydrogen-bond donors (Lipinski definition) is 2. The van der Waals surface area contributed by atoms with Crippen molar-refractivity contribution in [2.75, 3.05) is 11.9 Å². The third-order valence-electron chi connectivity index (χ3n) is 3.73. The minimum Gasteiger partial charge on any atom is -0.455 e. The molecule has 8 nitrogen and oxygen atoms in total. The molecule has 0 unspecified atom stereocenters. The van der Waals surface area contributed by atoms with Crippen molar-refractivity contribution >= 4 is 57.7 Å². The first-order valence-electron chi connectivity index (χ1n) is 8.28. The summed E-state index contributed by atoms with van der Waals surface area (Å²) in [5.41, 5.74) is 3.52. The number of nitrogens with one attached hydrogen (secondary N) is 2. The third-order valence-corrected chi connectivity index (χ3v) is 4.78. The molecule has 0 spiro atoms. The fourth-order valence-electron chi connectivity index (χ4n) is 2.34. The summed E-state index contributed by atoms with van der Waals surface area (Å²) in [5.74, 6) is 0.383. The van der Waals surface area contributed by atoms with Gasteiger partial charge in [-0.15, -0.1) is 0 Å². The van der Waals surface area contributed by atoms with Gasteiger partial charge in [0.25, 0.3) is 11.6 Å². The van der Waals surface area contributed by atoms with Crippen LogP contribution in [-0.4, -0.2) is 23.6 Å². The maximum Gasteiger partial charge on any atom is 0.270 e. The lowest BCUT2D eigenvalue weighted by Gasteiger charge is -2.04. The summed E-state index contributed by atoms with van der Waals surface area (Å²) in [6.07, 6.45) is 1.33. The second-order valence-corrected chi connectivity index (χ2v) is 7.43. The summed E-state index contributed by atoms with van der Waals surface area (Å²) in [4.78, 5) is 22.3. The van der Waals surface area contributed by atoms with E-state index in [0.717, 1.165) is 9.26 Å². The highest BCUT2D eigenvalue weighted by atomic mass is 127. The Labute approximate surface area is 184 Å². The lowest BCUT2D eigenvalue weighted by Crippen LogP contribution is -2.25. The van der Waals surface area contributed by atoms with Gasteiger partial charge in [-0.2, -0.15) is 5.10 Å². The van der Waals surface area contributed by atoms with E-state index in [1.54, 1.807) is 12.1 Å². The number of hydrazone groups is 1. The zero-order valence-corrected chi connectivity index (χ0v) is 17.7. The predicted octanol–water partition coefficient (Wildman–Crippen LogP) is 4.68. The van der Waals surface area contributed by atoms with Crippen molar-refractivity contribution in [3.63, 3.8) is 0 Å². The number of nitro benzene ring substituents is 1. The molecule has 0 radical (unpaired) electrons. The number of benzene rings is 2. The number of nitro groups is 1. The van der Waals surface area contributed by atoms with E-state index in [4.69, 9.17) is 16.0 Å². The molecule has 10 heteroatoms. The topological polar surface area (TPSA) is 110 Å². The average molecular weight is 525 g/mol. The highest BCUT2D eigenvalue weighted by Gasteiger charge is 2.14. The van der Waals surface area contributed by atoms with Gasteiger partial charge in [0.05, 0.1) is 22.7 Å². The number of furan rings is 1. The molecule has 0 saturated heterocycles. The summed E-state index contributed by atoms with van der Waals surface area (Å²) in [5, 5.41) is 18.1. The van der Waals surface area contributed by atoms with E-state index in [9.17, 15) is 14.9 Å². The molecule has 0 saturated carbocycles. The van der Waals surface area contributed by atoms with Crippen LogP contribution in [0.4, 0.5) is 11.4 Å². The third kappa shape index (κ3) is 5.78. The van der Waals surface area contributed by atoms with Crippen LogP contribution >= 0.6 is 34.2 Å². The predicted molar refractivity (Wildman–Crippen MR) is 119 cm³/mol. The molecule has 3 rings (SSSR count).